The lowest BCUT2D eigenvalue weighted by molar-refractivity contribution is -0.142. The Labute approximate surface area is 80.7 Å². The van der Waals surface area contributed by atoms with Gasteiger partial charge < -0.3 is 19.7 Å². The molecule has 0 aromatic rings. The second-order valence-corrected chi connectivity index (χ2v) is 2.13. The molecular formula is C8H12O6. The molecule has 80 valence electrons. The number of carboxylic acid groups (broad SMARTS) is 2. The number of carboxylic acids is 2. The molecule has 14 heavy (non-hydrogen) atoms. The maximum absolute atomic E-state index is 10.6. The maximum atomic E-state index is 10.6. The SMILES string of the molecule is CCOC(C(=O)O)=C(OCC)C(=O)O. The first-order valence-electron chi connectivity index (χ1n) is 4.01. The van der Waals surface area contributed by atoms with Crippen molar-refractivity contribution >= 4 is 11.9 Å². The van der Waals surface area contributed by atoms with Gasteiger partial charge in [-0.25, -0.2) is 9.59 Å². The van der Waals surface area contributed by atoms with E-state index in [2.05, 4.69) is 9.47 Å². The smallest absolute Gasteiger partial charge is 0.375 e. The van der Waals surface area contributed by atoms with Crippen LogP contribution >= 0.6 is 0 Å². The molecular weight excluding hydrogens is 192 g/mol. The first-order chi connectivity index (χ1) is 6.54. The number of hydrogen-bond acceptors (Lipinski definition) is 4. The van der Waals surface area contributed by atoms with Gasteiger partial charge in [0.15, 0.2) is 0 Å². The van der Waals surface area contributed by atoms with Gasteiger partial charge in [-0.1, -0.05) is 0 Å². The Kier molecular flexibility index (Phi) is 5.13. The zero-order valence-corrected chi connectivity index (χ0v) is 7.94. The van der Waals surface area contributed by atoms with Gasteiger partial charge in [0.05, 0.1) is 13.2 Å². The van der Waals surface area contributed by atoms with Crippen LogP contribution in [0.4, 0.5) is 0 Å². The fourth-order valence-corrected chi connectivity index (χ4v) is 0.737. The summed E-state index contributed by atoms with van der Waals surface area (Å²) in [5.74, 6) is -4.28. The zero-order chi connectivity index (χ0) is 11.1. The van der Waals surface area contributed by atoms with Crippen LogP contribution < -0.4 is 0 Å². The molecule has 0 saturated carbocycles. The predicted octanol–water partition coefficient (Wildman–Crippen LogP) is 0.440. The summed E-state index contributed by atoms with van der Waals surface area (Å²) < 4.78 is 9.31. The standard InChI is InChI=1S/C8H12O6/c1-3-13-5(7(9)10)6(8(11)12)14-4-2/h3-4H2,1-2H3,(H,9,10)(H,11,12). The van der Waals surface area contributed by atoms with Crippen molar-refractivity contribution < 1.29 is 29.3 Å². The van der Waals surface area contributed by atoms with Gasteiger partial charge in [-0.05, 0) is 13.8 Å². The van der Waals surface area contributed by atoms with Crippen molar-refractivity contribution in [1.29, 1.82) is 0 Å². The van der Waals surface area contributed by atoms with Gasteiger partial charge in [-0.15, -0.1) is 0 Å². The molecule has 0 aliphatic carbocycles. The molecule has 0 rings (SSSR count). The Morgan fingerprint density at radius 3 is 1.36 bits per heavy atom. The minimum absolute atomic E-state index is 0.0610. The lowest BCUT2D eigenvalue weighted by Gasteiger charge is -2.08. The Bertz CT molecular complexity index is 229. The van der Waals surface area contributed by atoms with E-state index in [1.54, 1.807) is 13.8 Å². The van der Waals surface area contributed by atoms with Crippen molar-refractivity contribution in [2.24, 2.45) is 0 Å². The average molecular weight is 204 g/mol. The van der Waals surface area contributed by atoms with Crippen LogP contribution in [-0.4, -0.2) is 35.4 Å². The first kappa shape index (κ1) is 12.3. The highest BCUT2D eigenvalue weighted by atomic mass is 16.5. The van der Waals surface area contributed by atoms with E-state index in [1.165, 1.54) is 0 Å². The van der Waals surface area contributed by atoms with Crippen LogP contribution in [0.1, 0.15) is 13.8 Å². The number of hydrogen-bond donors (Lipinski definition) is 2. The van der Waals surface area contributed by atoms with Gasteiger partial charge in [-0.3, -0.25) is 0 Å². The third-order valence-corrected chi connectivity index (χ3v) is 1.17. The van der Waals surface area contributed by atoms with Crippen LogP contribution in [0.2, 0.25) is 0 Å². The molecule has 0 radical (unpaired) electrons. The van der Waals surface area contributed by atoms with E-state index in [0.717, 1.165) is 0 Å². The molecule has 0 amide bonds. The summed E-state index contributed by atoms with van der Waals surface area (Å²) in [6.45, 7) is 3.22. The number of ether oxygens (including phenoxy) is 2. The summed E-state index contributed by atoms with van der Waals surface area (Å²) in [6, 6.07) is 0. The van der Waals surface area contributed by atoms with Crippen LogP contribution in [0, 0.1) is 0 Å². The highest BCUT2D eigenvalue weighted by molar-refractivity contribution is 5.95. The van der Waals surface area contributed by atoms with Crippen LogP contribution in [0.3, 0.4) is 0 Å². The Morgan fingerprint density at radius 1 is 0.929 bits per heavy atom. The van der Waals surface area contributed by atoms with E-state index in [9.17, 15) is 9.59 Å². The molecule has 6 nitrogen and oxygen atoms in total. The molecule has 0 saturated heterocycles. The van der Waals surface area contributed by atoms with Crippen molar-refractivity contribution in [3.8, 4) is 0 Å². The monoisotopic (exact) mass is 204 g/mol. The van der Waals surface area contributed by atoms with Gasteiger partial charge in [0.25, 0.3) is 11.5 Å². The molecule has 0 unspecified atom stereocenters. The Hall–Kier alpha value is -1.72. The summed E-state index contributed by atoms with van der Waals surface area (Å²) >= 11 is 0. The van der Waals surface area contributed by atoms with Gasteiger partial charge in [0, 0.05) is 0 Å². The van der Waals surface area contributed by atoms with Gasteiger partial charge in [0.2, 0.25) is 0 Å². The minimum atomic E-state index is -1.46. The van der Waals surface area contributed by atoms with Crippen LogP contribution in [0.15, 0.2) is 11.5 Å². The van der Waals surface area contributed by atoms with E-state index >= 15 is 0 Å². The van der Waals surface area contributed by atoms with E-state index in [4.69, 9.17) is 10.2 Å². The van der Waals surface area contributed by atoms with E-state index in [1.807, 2.05) is 0 Å². The molecule has 2 N–H and O–H groups in total. The second kappa shape index (κ2) is 5.85. The third kappa shape index (κ3) is 3.34. The maximum Gasteiger partial charge on any atom is 0.375 e. The minimum Gasteiger partial charge on any atom is -0.484 e. The van der Waals surface area contributed by atoms with Crippen molar-refractivity contribution in [3.05, 3.63) is 11.5 Å². The first-order valence-corrected chi connectivity index (χ1v) is 4.01. The van der Waals surface area contributed by atoms with Crippen molar-refractivity contribution in [2.45, 2.75) is 13.8 Å². The molecule has 0 bridgehead atoms. The topological polar surface area (TPSA) is 93.1 Å². The van der Waals surface area contributed by atoms with Crippen LogP contribution in [0.5, 0.6) is 0 Å². The summed E-state index contributed by atoms with van der Waals surface area (Å²) in [6.07, 6.45) is 0. The molecule has 0 aliphatic rings. The third-order valence-electron chi connectivity index (χ3n) is 1.17. The summed E-state index contributed by atoms with van der Waals surface area (Å²) in [5, 5.41) is 17.2. The van der Waals surface area contributed by atoms with E-state index in [-0.39, 0.29) is 13.2 Å². The molecule has 0 fully saturated rings. The van der Waals surface area contributed by atoms with Crippen molar-refractivity contribution in [3.63, 3.8) is 0 Å². The van der Waals surface area contributed by atoms with Gasteiger partial charge >= 0.3 is 11.9 Å². The quantitative estimate of drug-likeness (QED) is 0.481. The molecule has 0 atom stereocenters. The summed E-state index contributed by atoms with van der Waals surface area (Å²) in [7, 11) is 0. The van der Waals surface area contributed by atoms with Gasteiger partial charge in [0.1, 0.15) is 0 Å². The van der Waals surface area contributed by atoms with Crippen molar-refractivity contribution in [2.75, 3.05) is 13.2 Å². The zero-order valence-electron chi connectivity index (χ0n) is 7.94. The second-order valence-electron chi connectivity index (χ2n) is 2.13. The number of rotatable bonds is 6. The molecule has 0 aromatic heterocycles. The van der Waals surface area contributed by atoms with Crippen LogP contribution in [0.25, 0.3) is 0 Å². The molecule has 0 aliphatic heterocycles. The normalized spacial score (nSPS) is 11.6. The molecule has 0 heterocycles. The van der Waals surface area contributed by atoms with E-state index in [0.29, 0.717) is 0 Å². The average Bonchev–Trinajstić information content (AvgIpc) is 2.10. The Balaban J connectivity index is 5.03. The lowest BCUT2D eigenvalue weighted by Crippen LogP contribution is -2.16. The summed E-state index contributed by atoms with van der Waals surface area (Å²) in [5.41, 5.74) is 0. The number of aliphatic carboxylic acids is 2. The Morgan fingerprint density at radius 2 is 1.21 bits per heavy atom. The fraction of sp³-hybridized carbons (Fsp3) is 0.500. The lowest BCUT2D eigenvalue weighted by atomic mass is 10.4. The van der Waals surface area contributed by atoms with Crippen LogP contribution in [-0.2, 0) is 19.1 Å². The van der Waals surface area contributed by atoms with Crippen molar-refractivity contribution in [1.82, 2.24) is 0 Å². The number of carbonyl (C=O) groups is 2. The highest BCUT2D eigenvalue weighted by Crippen LogP contribution is 2.09. The molecule has 6 heteroatoms. The van der Waals surface area contributed by atoms with Gasteiger partial charge in [-0.2, -0.15) is 0 Å². The molecule has 0 spiro atoms. The highest BCUT2D eigenvalue weighted by Gasteiger charge is 2.23. The fourth-order valence-electron chi connectivity index (χ4n) is 0.737. The van der Waals surface area contributed by atoms with E-state index < -0.39 is 23.5 Å². The largest absolute Gasteiger partial charge is 0.484 e. The predicted molar refractivity (Wildman–Crippen MR) is 45.5 cm³/mol. The summed E-state index contributed by atoms with van der Waals surface area (Å²) in [4.78, 5) is 21.2. The molecule has 0 aromatic carbocycles.